The molecule has 0 bridgehead atoms. The second kappa shape index (κ2) is 6.53. The number of β-amino-alcohol motifs (C(OH)–C–C–N with tert-alkyl or cyclic N) is 1. The number of hydrogen-bond acceptors (Lipinski definition) is 5. The van der Waals surface area contributed by atoms with Gasteiger partial charge in [0.25, 0.3) is 0 Å². The molecule has 0 saturated carbocycles. The highest BCUT2D eigenvalue weighted by Gasteiger charge is 2.22. The van der Waals surface area contributed by atoms with Gasteiger partial charge in [0.05, 0.1) is 19.8 Å². The summed E-state index contributed by atoms with van der Waals surface area (Å²) in [4.78, 5) is 15.2. The Hall–Kier alpha value is -1.60. The molecule has 2 heterocycles. The van der Waals surface area contributed by atoms with Crippen LogP contribution in [-0.4, -0.2) is 76.7 Å². The summed E-state index contributed by atoms with van der Waals surface area (Å²) in [6.45, 7) is 3.87. The van der Waals surface area contributed by atoms with Gasteiger partial charge >= 0.3 is 6.09 Å². The first-order valence-electron chi connectivity index (χ1n) is 6.40. The summed E-state index contributed by atoms with van der Waals surface area (Å²) in [6, 6.07) is 1.84. The molecular weight excluding hydrogens is 248 g/mol. The number of hydrogen-bond donors (Lipinski definition) is 1. The van der Waals surface area contributed by atoms with Crippen molar-refractivity contribution < 1.29 is 14.6 Å². The molecule has 1 aliphatic heterocycles. The molecule has 1 fully saturated rings. The number of amides is 1. The van der Waals surface area contributed by atoms with Gasteiger partial charge < -0.3 is 14.7 Å². The van der Waals surface area contributed by atoms with E-state index >= 15 is 0 Å². The molecule has 106 valence electrons. The third-order valence-electron chi connectivity index (χ3n) is 3.23. The average molecular weight is 268 g/mol. The highest BCUT2D eigenvalue weighted by molar-refractivity contribution is 5.67. The lowest BCUT2D eigenvalue weighted by Gasteiger charge is -2.34. The van der Waals surface area contributed by atoms with E-state index in [1.807, 2.05) is 12.3 Å². The van der Waals surface area contributed by atoms with Crippen molar-refractivity contribution in [1.82, 2.24) is 19.6 Å². The van der Waals surface area contributed by atoms with Crippen molar-refractivity contribution in [1.29, 1.82) is 0 Å². The predicted octanol–water partition coefficient (Wildman–Crippen LogP) is -0.372. The molecule has 1 amide bonds. The third kappa shape index (κ3) is 3.93. The molecule has 0 spiro atoms. The van der Waals surface area contributed by atoms with Crippen molar-refractivity contribution in [2.24, 2.45) is 0 Å². The van der Waals surface area contributed by atoms with Crippen molar-refractivity contribution in [2.45, 2.75) is 12.6 Å². The van der Waals surface area contributed by atoms with Crippen LogP contribution in [0.3, 0.4) is 0 Å². The Morgan fingerprint density at radius 2 is 2.11 bits per heavy atom. The zero-order valence-electron chi connectivity index (χ0n) is 11.1. The van der Waals surface area contributed by atoms with Gasteiger partial charge in [-0.2, -0.15) is 5.10 Å². The van der Waals surface area contributed by atoms with Crippen LogP contribution in [0.2, 0.25) is 0 Å². The maximum Gasteiger partial charge on any atom is 0.409 e. The lowest BCUT2D eigenvalue weighted by atomic mass is 10.2. The number of piperazine rings is 1. The summed E-state index contributed by atoms with van der Waals surface area (Å²) in [7, 11) is 1.39. The van der Waals surface area contributed by atoms with E-state index in [4.69, 9.17) is 0 Å². The zero-order chi connectivity index (χ0) is 13.7. The molecule has 0 radical (unpaired) electrons. The number of carbonyl (C=O) groups is 1. The molecule has 1 aliphatic rings. The van der Waals surface area contributed by atoms with Crippen LogP contribution in [0.4, 0.5) is 4.79 Å². The normalized spacial score (nSPS) is 18.3. The first kappa shape index (κ1) is 13.8. The fourth-order valence-corrected chi connectivity index (χ4v) is 2.22. The van der Waals surface area contributed by atoms with Crippen LogP contribution >= 0.6 is 0 Å². The quantitative estimate of drug-likeness (QED) is 0.806. The van der Waals surface area contributed by atoms with Gasteiger partial charge in [0.2, 0.25) is 0 Å². The maximum absolute atomic E-state index is 11.3. The van der Waals surface area contributed by atoms with Crippen molar-refractivity contribution >= 4 is 6.09 Å². The minimum atomic E-state index is -0.454. The summed E-state index contributed by atoms with van der Waals surface area (Å²) >= 11 is 0. The smallest absolute Gasteiger partial charge is 0.409 e. The Morgan fingerprint density at radius 1 is 1.37 bits per heavy atom. The molecule has 1 atom stereocenters. The number of aliphatic hydroxyl groups excluding tert-OH is 1. The molecule has 7 nitrogen and oxygen atoms in total. The van der Waals surface area contributed by atoms with Crippen LogP contribution in [0.25, 0.3) is 0 Å². The van der Waals surface area contributed by atoms with E-state index in [9.17, 15) is 9.90 Å². The molecule has 1 N–H and O–H groups in total. The van der Waals surface area contributed by atoms with Gasteiger partial charge in [-0.1, -0.05) is 0 Å². The van der Waals surface area contributed by atoms with E-state index in [0.29, 0.717) is 26.2 Å². The summed E-state index contributed by atoms with van der Waals surface area (Å²) < 4.78 is 6.40. The molecule has 0 aromatic carbocycles. The van der Waals surface area contributed by atoms with E-state index in [1.165, 1.54) is 7.11 Å². The Balaban J connectivity index is 1.71. The lowest BCUT2D eigenvalue weighted by Crippen LogP contribution is -2.50. The van der Waals surface area contributed by atoms with Gasteiger partial charge in [0.1, 0.15) is 0 Å². The topological polar surface area (TPSA) is 70.8 Å². The number of rotatable bonds is 4. The molecule has 1 aromatic heterocycles. The van der Waals surface area contributed by atoms with Crippen LogP contribution in [-0.2, 0) is 11.3 Å². The highest BCUT2D eigenvalue weighted by Crippen LogP contribution is 2.05. The van der Waals surface area contributed by atoms with Gasteiger partial charge in [0, 0.05) is 45.1 Å². The van der Waals surface area contributed by atoms with E-state index < -0.39 is 6.10 Å². The van der Waals surface area contributed by atoms with Gasteiger partial charge in [0.15, 0.2) is 0 Å². The Morgan fingerprint density at radius 3 is 2.68 bits per heavy atom. The van der Waals surface area contributed by atoms with Crippen molar-refractivity contribution in [3.63, 3.8) is 0 Å². The average Bonchev–Trinajstić information content (AvgIpc) is 2.91. The first-order valence-corrected chi connectivity index (χ1v) is 6.40. The first-order chi connectivity index (χ1) is 9.19. The van der Waals surface area contributed by atoms with Crippen molar-refractivity contribution in [3.8, 4) is 0 Å². The molecule has 1 saturated heterocycles. The van der Waals surface area contributed by atoms with Gasteiger partial charge in [-0.15, -0.1) is 0 Å². The van der Waals surface area contributed by atoms with Crippen molar-refractivity contribution in [2.75, 3.05) is 39.8 Å². The van der Waals surface area contributed by atoms with Crippen LogP contribution in [0.5, 0.6) is 0 Å². The summed E-state index contributed by atoms with van der Waals surface area (Å²) in [5.41, 5.74) is 0. The summed E-state index contributed by atoms with van der Waals surface area (Å²) in [5.74, 6) is 0. The second-order valence-corrected chi connectivity index (χ2v) is 4.64. The minimum absolute atomic E-state index is 0.281. The molecule has 1 unspecified atom stereocenters. The number of methoxy groups -OCH3 is 1. The maximum atomic E-state index is 11.3. The SMILES string of the molecule is COC(=O)N1CCN(CC(O)Cn2cccn2)CC1. The van der Waals surface area contributed by atoms with Gasteiger partial charge in [-0.25, -0.2) is 4.79 Å². The fraction of sp³-hybridized carbons (Fsp3) is 0.667. The second-order valence-electron chi connectivity index (χ2n) is 4.64. The Kier molecular flexibility index (Phi) is 4.75. The van der Waals surface area contributed by atoms with E-state index in [1.54, 1.807) is 15.8 Å². The molecule has 1 aromatic rings. The zero-order valence-corrected chi connectivity index (χ0v) is 11.1. The summed E-state index contributed by atoms with van der Waals surface area (Å²) in [6.07, 6.45) is 2.79. The van der Waals surface area contributed by atoms with Crippen LogP contribution in [0.1, 0.15) is 0 Å². The number of ether oxygens (including phenoxy) is 1. The van der Waals surface area contributed by atoms with Gasteiger partial charge in [-0.05, 0) is 6.07 Å². The van der Waals surface area contributed by atoms with E-state index in [0.717, 1.165) is 13.1 Å². The predicted molar refractivity (Wildman–Crippen MR) is 68.7 cm³/mol. The standard InChI is InChI=1S/C12H20N4O3/c1-19-12(18)15-7-5-14(6-8-15)9-11(17)10-16-4-2-3-13-16/h2-4,11,17H,5-10H2,1H3. The number of aromatic nitrogens is 2. The van der Waals surface area contributed by atoms with Crippen molar-refractivity contribution in [3.05, 3.63) is 18.5 Å². The highest BCUT2D eigenvalue weighted by atomic mass is 16.5. The minimum Gasteiger partial charge on any atom is -0.453 e. The van der Waals surface area contributed by atoms with E-state index in [-0.39, 0.29) is 6.09 Å². The van der Waals surface area contributed by atoms with E-state index in [2.05, 4.69) is 14.7 Å². The van der Waals surface area contributed by atoms with Crippen LogP contribution < -0.4 is 0 Å². The number of carbonyl (C=O) groups excluding carboxylic acids is 1. The monoisotopic (exact) mass is 268 g/mol. The molecule has 7 heteroatoms. The number of aliphatic hydroxyl groups is 1. The Bertz CT molecular complexity index is 388. The summed E-state index contributed by atoms with van der Waals surface area (Å²) in [5, 5.41) is 14.1. The third-order valence-corrected chi connectivity index (χ3v) is 3.23. The molecule has 2 rings (SSSR count). The molecule has 19 heavy (non-hydrogen) atoms. The van der Waals surface area contributed by atoms with Crippen LogP contribution in [0, 0.1) is 0 Å². The van der Waals surface area contributed by atoms with Gasteiger partial charge in [-0.3, -0.25) is 9.58 Å². The number of nitrogens with zero attached hydrogens (tertiary/aromatic N) is 4. The fourth-order valence-electron chi connectivity index (χ4n) is 2.22. The molecular formula is C12H20N4O3. The molecule has 0 aliphatic carbocycles. The lowest BCUT2D eigenvalue weighted by molar-refractivity contribution is 0.0567. The van der Waals surface area contributed by atoms with Crippen LogP contribution in [0.15, 0.2) is 18.5 Å². The Labute approximate surface area is 112 Å². The largest absolute Gasteiger partial charge is 0.453 e.